The summed E-state index contributed by atoms with van der Waals surface area (Å²) in [6, 6.07) is 26.5. The van der Waals surface area contributed by atoms with Crippen LogP contribution in [-0.4, -0.2) is 50.9 Å². The standard InChI is InChI=1S/C37H41Cl2N3O5S/c1-4-6-22-40-37(44)34(24-28-12-8-7-9-13-28)41(25-29-18-21-31(38)32(39)23-29)36(43)26-42(33-14-10-11-15-35(33)47-5-2)48(45,46)30-19-16-27(3)17-20-30/h7-21,23,34H,4-6,22,24-26H2,1-3H3,(H,40,44). The first-order valence-corrected chi connectivity index (χ1v) is 18.1. The fraction of sp³-hybridized carbons (Fsp3) is 0.297. The summed E-state index contributed by atoms with van der Waals surface area (Å²) >= 11 is 12.6. The molecule has 0 bridgehead atoms. The van der Waals surface area contributed by atoms with Crippen molar-refractivity contribution in [3.8, 4) is 5.75 Å². The number of halogens is 2. The van der Waals surface area contributed by atoms with E-state index in [4.69, 9.17) is 27.9 Å². The Balaban J connectivity index is 1.84. The van der Waals surface area contributed by atoms with Crippen LogP contribution in [0.25, 0.3) is 0 Å². The van der Waals surface area contributed by atoms with E-state index in [2.05, 4.69) is 5.32 Å². The molecule has 0 aliphatic rings. The quantitative estimate of drug-likeness (QED) is 0.122. The van der Waals surface area contributed by atoms with Gasteiger partial charge in [0.2, 0.25) is 11.8 Å². The van der Waals surface area contributed by atoms with Gasteiger partial charge < -0.3 is 15.0 Å². The zero-order valence-electron chi connectivity index (χ0n) is 27.4. The molecule has 1 atom stereocenters. The number of nitrogens with one attached hydrogen (secondary N) is 1. The third-order valence-electron chi connectivity index (χ3n) is 7.76. The minimum absolute atomic E-state index is 0.0152. The molecule has 4 rings (SSSR count). The van der Waals surface area contributed by atoms with Gasteiger partial charge in [0.05, 0.1) is 27.2 Å². The highest BCUT2D eigenvalue weighted by molar-refractivity contribution is 7.92. The van der Waals surface area contributed by atoms with Gasteiger partial charge in [-0.05, 0) is 67.8 Å². The van der Waals surface area contributed by atoms with Crippen LogP contribution in [0.15, 0.2) is 102 Å². The Kier molecular flexibility index (Phi) is 13.3. The third-order valence-corrected chi connectivity index (χ3v) is 10.3. The number of nitrogens with zero attached hydrogens (tertiary/aromatic N) is 2. The molecule has 0 aliphatic heterocycles. The van der Waals surface area contributed by atoms with E-state index in [0.717, 1.165) is 28.3 Å². The molecule has 4 aromatic carbocycles. The van der Waals surface area contributed by atoms with Crippen LogP contribution in [-0.2, 0) is 32.6 Å². The van der Waals surface area contributed by atoms with Gasteiger partial charge in [0.25, 0.3) is 10.0 Å². The molecule has 0 fully saturated rings. The first-order chi connectivity index (χ1) is 23.0. The van der Waals surface area contributed by atoms with Gasteiger partial charge in [-0.2, -0.15) is 0 Å². The van der Waals surface area contributed by atoms with Crippen molar-refractivity contribution in [1.29, 1.82) is 0 Å². The number of rotatable bonds is 16. The lowest BCUT2D eigenvalue weighted by Crippen LogP contribution is -2.53. The van der Waals surface area contributed by atoms with Crippen molar-refractivity contribution < 1.29 is 22.7 Å². The third kappa shape index (κ3) is 9.52. The lowest BCUT2D eigenvalue weighted by molar-refractivity contribution is -0.140. The fourth-order valence-electron chi connectivity index (χ4n) is 5.19. The number of unbranched alkanes of at least 4 members (excludes halogenated alkanes) is 1. The minimum Gasteiger partial charge on any atom is -0.492 e. The molecule has 0 saturated heterocycles. The number of hydrogen-bond acceptors (Lipinski definition) is 5. The Hall–Kier alpha value is -4.05. The maximum absolute atomic E-state index is 14.7. The maximum Gasteiger partial charge on any atom is 0.264 e. The van der Waals surface area contributed by atoms with Gasteiger partial charge in [-0.15, -0.1) is 0 Å². The highest BCUT2D eigenvalue weighted by Gasteiger charge is 2.35. The molecule has 254 valence electrons. The SMILES string of the molecule is CCCCNC(=O)C(Cc1ccccc1)N(Cc1ccc(Cl)c(Cl)c1)C(=O)CN(c1ccccc1OCC)S(=O)(=O)c1ccc(C)cc1. The first kappa shape index (κ1) is 36.8. The van der Waals surface area contributed by atoms with E-state index in [9.17, 15) is 18.0 Å². The Bertz CT molecular complexity index is 1790. The van der Waals surface area contributed by atoms with Crippen LogP contribution in [0, 0.1) is 6.92 Å². The van der Waals surface area contributed by atoms with Crippen molar-refractivity contribution in [2.45, 2.75) is 57.5 Å². The summed E-state index contributed by atoms with van der Waals surface area (Å²) in [4.78, 5) is 30.1. The summed E-state index contributed by atoms with van der Waals surface area (Å²) in [5.41, 5.74) is 2.55. The van der Waals surface area contributed by atoms with Crippen molar-refractivity contribution in [2.75, 3.05) is 24.0 Å². The molecule has 4 aromatic rings. The average molecular weight is 711 g/mol. The lowest BCUT2D eigenvalue weighted by atomic mass is 10.0. The normalized spacial score (nSPS) is 11.9. The Morgan fingerprint density at radius 2 is 1.54 bits per heavy atom. The fourth-order valence-corrected chi connectivity index (χ4v) is 6.93. The van der Waals surface area contributed by atoms with E-state index in [-0.39, 0.29) is 36.1 Å². The van der Waals surface area contributed by atoms with Gasteiger partial charge in [0.1, 0.15) is 18.3 Å². The van der Waals surface area contributed by atoms with Crippen LogP contribution in [0.2, 0.25) is 10.0 Å². The topological polar surface area (TPSA) is 96.0 Å². The Morgan fingerprint density at radius 3 is 2.21 bits per heavy atom. The zero-order chi connectivity index (χ0) is 34.7. The van der Waals surface area contributed by atoms with Gasteiger partial charge in [0, 0.05) is 19.5 Å². The Labute approximate surface area is 293 Å². The van der Waals surface area contributed by atoms with Crippen molar-refractivity contribution in [2.24, 2.45) is 0 Å². The van der Waals surface area contributed by atoms with Crippen LogP contribution in [0.4, 0.5) is 5.69 Å². The number of carbonyl (C=O) groups is 2. The largest absolute Gasteiger partial charge is 0.492 e. The molecule has 0 radical (unpaired) electrons. The van der Waals surface area contributed by atoms with Crippen LogP contribution < -0.4 is 14.4 Å². The smallest absolute Gasteiger partial charge is 0.264 e. The number of sulfonamides is 1. The second kappa shape index (κ2) is 17.4. The van der Waals surface area contributed by atoms with E-state index >= 15 is 0 Å². The minimum atomic E-state index is -4.28. The summed E-state index contributed by atoms with van der Waals surface area (Å²) in [5, 5.41) is 3.63. The number of benzene rings is 4. The van der Waals surface area contributed by atoms with E-state index in [1.54, 1.807) is 61.5 Å². The monoisotopic (exact) mass is 709 g/mol. The van der Waals surface area contributed by atoms with E-state index in [1.165, 1.54) is 17.0 Å². The van der Waals surface area contributed by atoms with Gasteiger partial charge in [-0.1, -0.05) is 103 Å². The number of carbonyl (C=O) groups excluding carboxylic acids is 2. The summed E-state index contributed by atoms with van der Waals surface area (Å²) in [6.07, 6.45) is 1.84. The number of aryl methyl sites for hydroxylation is 1. The summed E-state index contributed by atoms with van der Waals surface area (Å²) in [6.45, 7) is 5.77. The van der Waals surface area contributed by atoms with Gasteiger partial charge >= 0.3 is 0 Å². The van der Waals surface area contributed by atoms with E-state index < -0.39 is 28.5 Å². The molecule has 1 unspecified atom stereocenters. The van der Waals surface area contributed by atoms with Gasteiger partial charge in [-0.25, -0.2) is 8.42 Å². The number of ether oxygens (including phenoxy) is 1. The molecule has 8 nitrogen and oxygen atoms in total. The summed E-state index contributed by atoms with van der Waals surface area (Å²) in [7, 11) is -4.28. The average Bonchev–Trinajstić information content (AvgIpc) is 3.08. The van der Waals surface area contributed by atoms with E-state index in [1.807, 2.05) is 44.2 Å². The predicted molar refractivity (Wildman–Crippen MR) is 192 cm³/mol. The number of hydrogen-bond donors (Lipinski definition) is 1. The highest BCUT2D eigenvalue weighted by atomic mass is 35.5. The lowest BCUT2D eigenvalue weighted by Gasteiger charge is -2.34. The molecule has 2 amide bonds. The molecular formula is C37H41Cl2N3O5S. The first-order valence-electron chi connectivity index (χ1n) is 15.9. The number of para-hydroxylation sites is 2. The van der Waals surface area contributed by atoms with Crippen molar-refractivity contribution in [1.82, 2.24) is 10.2 Å². The number of amides is 2. The van der Waals surface area contributed by atoms with Gasteiger partial charge in [-0.3, -0.25) is 13.9 Å². The van der Waals surface area contributed by atoms with Gasteiger partial charge in [0.15, 0.2) is 0 Å². The van der Waals surface area contributed by atoms with Crippen LogP contribution in [0.3, 0.4) is 0 Å². The molecule has 0 spiro atoms. The molecule has 0 aromatic heterocycles. The predicted octanol–water partition coefficient (Wildman–Crippen LogP) is 7.45. The maximum atomic E-state index is 14.7. The number of anilines is 1. The molecule has 0 aliphatic carbocycles. The second-order valence-corrected chi connectivity index (χ2v) is 14.0. The molecule has 0 saturated carbocycles. The van der Waals surface area contributed by atoms with Crippen molar-refractivity contribution in [3.05, 3.63) is 124 Å². The zero-order valence-corrected chi connectivity index (χ0v) is 29.7. The van der Waals surface area contributed by atoms with Crippen LogP contribution in [0.5, 0.6) is 5.75 Å². The molecule has 48 heavy (non-hydrogen) atoms. The molecular weight excluding hydrogens is 669 g/mol. The van der Waals surface area contributed by atoms with E-state index in [0.29, 0.717) is 27.9 Å². The second-order valence-electron chi connectivity index (χ2n) is 11.3. The summed E-state index contributed by atoms with van der Waals surface area (Å²) in [5.74, 6) is -0.629. The molecule has 1 N–H and O–H groups in total. The highest BCUT2D eigenvalue weighted by Crippen LogP contribution is 2.33. The van der Waals surface area contributed by atoms with Crippen molar-refractivity contribution >= 4 is 50.7 Å². The van der Waals surface area contributed by atoms with Crippen LogP contribution >= 0.6 is 23.2 Å². The van der Waals surface area contributed by atoms with Crippen molar-refractivity contribution in [3.63, 3.8) is 0 Å². The summed E-state index contributed by atoms with van der Waals surface area (Å²) < 4.78 is 35.6. The van der Waals surface area contributed by atoms with Crippen LogP contribution in [0.1, 0.15) is 43.4 Å². The molecule has 11 heteroatoms. The Morgan fingerprint density at radius 1 is 0.854 bits per heavy atom. The molecule has 0 heterocycles.